The summed E-state index contributed by atoms with van der Waals surface area (Å²) in [7, 11) is 0. The van der Waals surface area contributed by atoms with Gasteiger partial charge in [0.1, 0.15) is 0 Å². The molecule has 1 N–H and O–H groups in total. The van der Waals surface area contributed by atoms with Crippen LogP contribution in [0.2, 0.25) is 0 Å². The number of hydrogen-bond donors (Lipinski definition) is 1. The van der Waals surface area contributed by atoms with Crippen molar-refractivity contribution in [2.75, 3.05) is 26.2 Å². The van der Waals surface area contributed by atoms with Gasteiger partial charge in [0.25, 0.3) is 0 Å². The van der Waals surface area contributed by atoms with Crippen LogP contribution in [-0.2, 0) is 0 Å². The zero-order chi connectivity index (χ0) is 7.68. The molecule has 2 fully saturated rings. The van der Waals surface area contributed by atoms with Crippen molar-refractivity contribution in [3.63, 3.8) is 0 Å². The first kappa shape index (κ1) is 7.56. The van der Waals surface area contributed by atoms with Gasteiger partial charge in [-0.05, 0) is 25.3 Å². The second kappa shape index (κ2) is 3.11. The monoisotopic (exact) mass is 154 g/mol. The van der Waals surface area contributed by atoms with E-state index in [2.05, 4.69) is 17.1 Å². The maximum Gasteiger partial charge on any atom is 0.00964 e. The lowest BCUT2D eigenvalue weighted by Gasteiger charge is -2.32. The first-order valence-corrected chi connectivity index (χ1v) is 4.85. The fourth-order valence-corrected chi connectivity index (χ4v) is 1.79. The molecule has 0 aromatic carbocycles. The van der Waals surface area contributed by atoms with Gasteiger partial charge >= 0.3 is 0 Å². The van der Waals surface area contributed by atoms with Crippen LogP contribution in [0.5, 0.6) is 0 Å². The fourth-order valence-electron chi connectivity index (χ4n) is 1.79. The molecule has 1 aliphatic carbocycles. The van der Waals surface area contributed by atoms with Gasteiger partial charge in [-0.2, -0.15) is 0 Å². The van der Waals surface area contributed by atoms with Gasteiger partial charge in [0.05, 0.1) is 0 Å². The Balaban J connectivity index is 1.71. The van der Waals surface area contributed by atoms with Gasteiger partial charge in [0.15, 0.2) is 0 Å². The Hall–Kier alpha value is -0.0800. The van der Waals surface area contributed by atoms with Crippen molar-refractivity contribution in [3.8, 4) is 0 Å². The predicted molar refractivity (Wildman–Crippen MR) is 46.6 cm³/mol. The lowest BCUT2D eigenvalue weighted by atomic mass is 10.0. The van der Waals surface area contributed by atoms with Gasteiger partial charge in [-0.15, -0.1) is 0 Å². The molecule has 64 valence electrons. The Bertz CT molecular complexity index is 128. The minimum absolute atomic E-state index is 0.954. The van der Waals surface area contributed by atoms with Crippen molar-refractivity contribution >= 4 is 0 Å². The van der Waals surface area contributed by atoms with Crippen LogP contribution >= 0.6 is 0 Å². The van der Waals surface area contributed by atoms with Crippen LogP contribution < -0.4 is 5.32 Å². The molecule has 2 nitrogen and oxygen atoms in total. The third-order valence-electron chi connectivity index (χ3n) is 2.83. The second-order valence-electron chi connectivity index (χ2n) is 3.84. The van der Waals surface area contributed by atoms with Crippen LogP contribution in [0.4, 0.5) is 0 Å². The van der Waals surface area contributed by atoms with Gasteiger partial charge in [0.2, 0.25) is 0 Å². The zero-order valence-electron chi connectivity index (χ0n) is 7.34. The van der Waals surface area contributed by atoms with E-state index in [-0.39, 0.29) is 0 Å². The van der Waals surface area contributed by atoms with Gasteiger partial charge in [-0.3, -0.25) is 0 Å². The Labute approximate surface area is 69.0 Å². The number of nitrogens with one attached hydrogen (secondary N) is 1. The number of rotatable bonds is 4. The Morgan fingerprint density at radius 2 is 2.09 bits per heavy atom. The molecular weight excluding hydrogens is 136 g/mol. The van der Waals surface area contributed by atoms with Crippen LogP contribution in [0.25, 0.3) is 0 Å². The van der Waals surface area contributed by atoms with Crippen molar-refractivity contribution in [2.24, 2.45) is 5.92 Å². The normalized spacial score (nSPS) is 25.6. The highest BCUT2D eigenvalue weighted by molar-refractivity contribution is 4.87. The summed E-state index contributed by atoms with van der Waals surface area (Å²) in [5.74, 6) is 0.954. The van der Waals surface area contributed by atoms with Crippen LogP contribution in [-0.4, -0.2) is 37.1 Å². The van der Waals surface area contributed by atoms with Gasteiger partial charge in [0, 0.05) is 25.7 Å². The van der Waals surface area contributed by atoms with Gasteiger partial charge < -0.3 is 10.2 Å². The highest BCUT2D eigenvalue weighted by Gasteiger charge is 2.30. The molecule has 2 aliphatic rings. The topological polar surface area (TPSA) is 15.3 Å². The molecule has 1 saturated heterocycles. The molecule has 11 heavy (non-hydrogen) atoms. The molecule has 0 aromatic rings. The van der Waals surface area contributed by atoms with E-state index in [0.717, 1.165) is 12.0 Å². The van der Waals surface area contributed by atoms with Gasteiger partial charge in [-0.1, -0.05) is 6.92 Å². The van der Waals surface area contributed by atoms with E-state index in [1.165, 1.54) is 39.0 Å². The molecule has 1 aliphatic heterocycles. The van der Waals surface area contributed by atoms with E-state index in [4.69, 9.17) is 0 Å². The summed E-state index contributed by atoms with van der Waals surface area (Å²) >= 11 is 0. The molecule has 2 heteroatoms. The maximum atomic E-state index is 3.32. The average Bonchev–Trinajstić information content (AvgIpc) is 2.68. The summed E-state index contributed by atoms with van der Waals surface area (Å²) in [4.78, 5) is 2.64. The first-order chi connectivity index (χ1) is 5.40. The van der Waals surface area contributed by atoms with Crippen LogP contribution in [0.15, 0.2) is 0 Å². The molecule has 0 atom stereocenters. The highest BCUT2D eigenvalue weighted by atomic mass is 15.2. The summed E-state index contributed by atoms with van der Waals surface area (Å²) in [6.07, 6.45) is 2.90. The fraction of sp³-hybridized carbons (Fsp3) is 1.00. The van der Waals surface area contributed by atoms with Crippen LogP contribution in [0.1, 0.15) is 19.8 Å². The quantitative estimate of drug-likeness (QED) is 0.641. The first-order valence-electron chi connectivity index (χ1n) is 4.85. The van der Waals surface area contributed by atoms with E-state index in [1.54, 1.807) is 0 Å². The molecule has 0 radical (unpaired) electrons. The van der Waals surface area contributed by atoms with Crippen molar-refractivity contribution < 1.29 is 0 Å². The smallest absolute Gasteiger partial charge is 0.00964 e. The molecule has 0 aromatic heterocycles. The van der Waals surface area contributed by atoms with Crippen LogP contribution in [0, 0.1) is 5.92 Å². The van der Waals surface area contributed by atoms with E-state index >= 15 is 0 Å². The number of hydrogen-bond acceptors (Lipinski definition) is 2. The summed E-state index contributed by atoms with van der Waals surface area (Å²) in [5, 5.41) is 3.32. The lowest BCUT2D eigenvalue weighted by Crippen LogP contribution is -2.48. The maximum absolute atomic E-state index is 3.32. The van der Waals surface area contributed by atoms with E-state index in [9.17, 15) is 0 Å². The number of nitrogens with zero attached hydrogens (tertiary/aromatic N) is 1. The Morgan fingerprint density at radius 3 is 2.45 bits per heavy atom. The standard InChI is InChI=1S/C9H18N2/c1-2-11(9-3-4-9)7-8-5-10-6-8/h8-10H,2-7H2,1H3. The molecule has 0 bridgehead atoms. The SMILES string of the molecule is CCN(CC1CNC1)C1CC1. The molecule has 0 unspecified atom stereocenters. The van der Waals surface area contributed by atoms with Gasteiger partial charge in [-0.25, -0.2) is 0 Å². The highest BCUT2D eigenvalue weighted by Crippen LogP contribution is 2.27. The summed E-state index contributed by atoms with van der Waals surface area (Å²) < 4.78 is 0. The van der Waals surface area contributed by atoms with Crippen molar-refractivity contribution in [1.82, 2.24) is 10.2 Å². The van der Waals surface area contributed by atoms with Crippen molar-refractivity contribution in [3.05, 3.63) is 0 Å². The Kier molecular flexibility index (Phi) is 2.14. The second-order valence-corrected chi connectivity index (χ2v) is 3.84. The zero-order valence-corrected chi connectivity index (χ0v) is 7.34. The third-order valence-corrected chi connectivity index (χ3v) is 2.83. The summed E-state index contributed by atoms with van der Waals surface area (Å²) in [6.45, 7) is 7.38. The molecular formula is C9H18N2. The minimum atomic E-state index is 0.954. The average molecular weight is 154 g/mol. The Morgan fingerprint density at radius 1 is 1.36 bits per heavy atom. The van der Waals surface area contributed by atoms with E-state index < -0.39 is 0 Å². The van der Waals surface area contributed by atoms with E-state index in [1.807, 2.05) is 0 Å². The molecule has 1 saturated carbocycles. The molecule has 0 amide bonds. The predicted octanol–water partition coefficient (Wildman–Crippen LogP) is 0.690. The van der Waals surface area contributed by atoms with E-state index in [0.29, 0.717) is 0 Å². The summed E-state index contributed by atoms with van der Waals surface area (Å²) in [6, 6.07) is 0.959. The largest absolute Gasteiger partial charge is 0.316 e. The molecule has 2 rings (SSSR count). The van der Waals surface area contributed by atoms with Crippen LogP contribution in [0.3, 0.4) is 0 Å². The van der Waals surface area contributed by atoms with Crippen molar-refractivity contribution in [1.29, 1.82) is 0 Å². The van der Waals surface area contributed by atoms with Crippen molar-refractivity contribution in [2.45, 2.75) is 25.8 Å². The third kappa shape index (κ3) is 1.74. The minimum Gasteiger partial charge on any atom is -0.316 e. The molecule has 0 spiro atoms. The lowest BCUT2D eigenvalue weighted by molar-refractivity contribution is 0.193. The molecule has 1 heterocycles. The summed E-state index contributed by atoms with van der Waals surface area (Å²) in [5.41, 5.74) is 0.